The van der Waals surface area contributed by atoms with E-state index < -0.39 is 5.91 Å². The van der Waals surface area contributed by atoms with E-state index in [1.54, 1.807) is 0 Å². The maximum atomic E-state index is 11.6. The molecule has 0 unspecified atom stereocenters. The van der Waals surface area contributed by atoms with E-state index in [0.29, 0.717) is 13.0 Å². The summed E-state index contributed by atoms with van der Waals surface area (Å²) in [4.78, 5) is 23.9. The van der Waals surface area contributed by atoms with Crippen molar-refractivity contribution in [2.24, 2.45) is 5.73 Å². The first-order valence-electron chi connectivity index (χ1n) is 5.28. The monoisotopic (exact) mass is 254 g/mol. The van der Waals surface area contributed by atoms with Gasteiger partial charge < -0.3 is 10.6 Å². The average molecular weight is 255 g/mol. The minimum Gasteiger partial charge on any atom is -0.368 e. The Hall–Kier alpha value is -1.55. The third-order valence-corrected chi connectivity index (χ3v) is 2.83. The van der Waals surface area contributed by atoms with Crippen molar-refractivity contribution in [1.82, 2.24) is 4.90 Å². The van der Waals surface area contributed by atoms with Crippen LogP contribution in [0.25, 0.3) is 0 Å². The maximum Gasteiger partial charge on any atom is 0.237 e. The van der Waals surface area contributed by atoms with E-state index in [1.807, 2.05) is 30.3 Å². The van der Waals surface area contributed by atoms with Crippen LogP contribution >= 0.6 is 12.4 Å². The highest BCUT2D eigenvalue weighted by molar-refractivity contribution is 5.86. The highest BCUT2D eigenvalue weighted by Crippen LogP contribution is 2.27. The van der Waals surface area contributed by atoms with Gasteiger partial charge in [0.25, 0.3) is 0 Å². The lowest BCUT2D eigenvalue weighted by Gasteiger charge is -2.14. The fourth-order valence-electron chi connectivity index (χ4n) is 2.06. The molecule has 1 atom stereocenters. The molecule has 0 saturated carbocycles. The number of primary amides is 1. The molecule has 2 rings (SSSR count). The third kappa shape index (κ3) is 3.20. The van der Waals surface area contributed by atoms with Crippen LogP contribution in [-0.2, 0) is 9.59 Å². The highest BCUT2D eigenvalue weighted by Gasteiger charge is 2.30. The van der Waals surface area contributed by atoms with Crippen LogP contribution in [-0.4, -0.2) is 29.8 Å². The van der Waals surface area contributed by atoms with Gasteiger partial charge in [0.1, 0.15) is 0 Å². The molecule has 0 aromatic heterocycles. The van der Waals surface area contributed by atoms with Gasteiger partial charge in [-0.3, -0.25) is 9.59 Å². The molecule has 0 bridgehead atoms. The van der Waals surface area contributed by atoms with Gasteiger partial charge in [-0.15, -0.1) is 12.4 Å². The predicted molar refractivity (Wildman–Crippen MR) is 66.8 cm³/mol. The zero-order valence-corrected chi connectivity index (χ0v) is 10.2. The molecule has 1 fully saturated rings. The van der Waals surface area contributed by atoms with Crippen LogP contribution in [0.3, 0.4) is 0 Å². The first-order valence-corrected chi connectivity index (χ1v) is 5.28. The van der Waals surface area contributed by atoms with E-state index in [-0.39, 0.29) is 30.8 Å². The lowest BCUT2D eigenvalue weighted by Crippen LogP contribution is -2.34. The van der Waals surface area contributed by atoms with Crippen molar-refractivity contribution in [1.29, 1.82) is 0 Å². The van der Waals surface area contributed by atoms with Gasteiger partial charge in [0.05, 0.1) is 6.54 Å². The number of carbonyl (C=O) groups is 2. The molecule has 1 aliphatic rings. The Balaban J connectivity index is 0.00000144. The van der Waals surface area contributed by atoms with Gasteiger partial charge in [0, 0.05) is 18.9 Å². The zero-order valence-electron chi connectivity index (χ0n) is 9.33. The molecule has 0 spiro atoms. The molecule has 0 aliphatic carbocycles. The molecule has 1 aromatic carbocycles. The summed E-state index contributed by atoms with van der Waals surface area (Å²) in [5.41, 5.74) is 6.23. The van der Waals surface area contributed by atoms with Crippen LogP contribution in [0.5, 0.6) is 0 Å². The molecule has 1 aromatic rings. The minimum atomic E-state index is -0.456. The van der Waals surface area contributed by atoms with Gasteiger partial charge >= 0.3 is 0 Å². The summed E-state index contributed by atoms with van der Waals surface area (Å²) in [7, 11) is 0. The van der Waals surface area contributed by atoms with Crippen LogP contribution in [0.2, 0.25) is 0 Å². The molecule has 92 valence electrons. The van der Waals surface area contributed by atoms with Crippen LogP contribution in [0.4, 0.5) is 0 Å². The molecule has 0 radical (unpaired) electrons. The van der Waals surface area contributed by atoms with E-state index in [9.17, 15) is 9.59 Å². The van der Waals surface area contributed by atoms with Crippen LogP contribution in [0.15, 0.2) is 30.3 Å². The Morgan fingerprint density at radius 2 is 2.00 bits per heavy atom. The first kappa shape index (κ1) is 13.5. The van der Waals surface area contributed by atoms with Gasteiger partial charge in [0.15, 0.2) is 0 Å². The smallest absolute Gasteiger partial charge is 0.237 e. The summed E-state index contributed by atoms with van der Waals surface area (Å²) in [6, 6.07) is 9.87. The van der Waals surface area contributed by atoms with Crippen molar-refractivity contribution in [2.75, 3.05) is 13.1 Å². The number of likely N-dealkylation sites (tertiary alicyclic amines) is 1. The largest absolute Gasteiger partial charge is 0.368 e. The zero-order chi connectivity index (χ0) is 11.5. The lowest BCUT2D eigenvalue weighted by atomic mass is 9.99. The van der Waals surface area contributed by atoms with Gasteiger partial charge in [-0.2, -0.15) is 0 Å². The fourth-order valence-corrected chi connectivity index (χ4v) is 2.06. The number of rotatable bonds is 3. The molecular weight excluding hydrogens is 240 g/mol. The Morgan fingerprint density at radius 3 is 2.59 bits per heavy atom. The SMILES string of the molecule is Cl.NC(=O)CN1C[C@H](c2ccccc2)CC1=O. The number of hydrogen-bond donors (Lipinski definition) is 1. The number of carbonyl (C=O) groups excluding carboxylic acids is 2. The molecule has 1 heterocycles. The van der Waals surface area contributed by atoms with Crippen LogP contribution in [0, 0.1) is 0 Å². The molecule has 5 heteroatoms. The first-order chi connectivity index (χ1) is 7.66. The normalized spacial score (nSPS) is 18.9. The Labute approximate surface area is 106 Å². The van der Waals surface area contributed by atoms with Crippen molar-refractivity contribution >= 4 is 24.2 Å². The molecule has 2 amide bonds. The molecule has 1 aliphatic heterocycles. The topological polar surface area (TPSA) is 63.4 Å². The summed E-state index contributed by atoms with van der Waals surface area (Å²) < 4.78 is 0. The fraction of sp³-hybridized carbons (Fsp3) is 0.333. The third-order valence-electron chi connectivity index (χ3n) is 2.83. The highest BCUT2D eigenvalue weighted by atomic mass is 35.5. The van der Waals surface area contributed by atoms with E-state index >= 15 is 0 Å². The molecular formula is C12H15ClN2O2. The number of halogens is 1. The Bertz CT molecular complexity index is 408. The van der Waals surface area contributed by atoms with Crippen LogP contribution < -0.4 is 5.73 Å². The number of nitrogens with two attached hydrogens (primary N) is 1. The Morgan fingerprint density at radius 1 is 1.35 bits per heavy atom. The van der Waals surface area contributed by atoms with Gasteiger partial charge in [0.2, 0.25) is 11.8 Å². The number of hydrogen-bond acceptors (Lipinski definition) is 2. The Kier molecular flexibility index (Phi) is 4.52. The summed E-state index contributed by atoms with van der Waals surface area (Å²) in [6.07, 6.45) is 0.470. The van der Waals surface area contributed by atoms with Crippen molar-refractivity contribution in [2.45, 2.75) is 12.3 Å². The second-order valence-electron chi connectivity index (χ2n) is 4.05. The van der Waals surface area contributed by atoms with Crippen molar-refractivity contribution in [3.05, 3.63) is 35.9 Å². The number of benzene rings is 1. The summed E-state index contributed by atoms with van der Waals surface area (Å²) in [6.45, 7) is 0.619. The quantitative estimate of drug-likeness (QED) is 0.872. The van der Waals surface area contributed by atoms with Crippen molar-refractivity contribution in [3.8, 4) is 0 Å². The van der Waals surface area contributed by atoms with Gasteiger partial charge in [-0.05, 0) is 5.56 Å². The van der Waals surface area contributed by atoms with E-state index in [1.165, 1.54) is 4.90 Å². The minimum absolute atomic E-state index is 0. The van der Waals surface area contributed by atoms with Gasteiger partial charge in [-0.25, -0.2) is 0 Å². The summed E-state index contributed by atoms with van der Waals surface area (Å²) in [5.74, 6) is -0.261. The van der Waals surface area contributed by atoms with Crippen LogP contribution in [0.1, 0.15) is 17.9 Å². The molecule has 4 nitrogen and oxygen atoms in total. The van der Waals surface area contributed by atoms with E-state index in [2.05, 4.69) is 0 Å². The van der Waals surface area contributed by atoms with Crippen molar-refractivity contribution < 1.29 is 9.59 Å². The predicted octanol–water partition coefficient (Wildman–Crippen LogP) is 0.910. The standard InChI is InChI=1S/C12H14N2O2.ClH/c13-11(15)8-14-7-10(6-12(14)16)9-4-2-1-3-5-9;/h1-5,10H,6-8H2,(H2,13,15);1H/t10-;/m1./s1. The van der Waals surface area contributed by atoms with E-state index in [4.69, 9.17) is 5.73 Å². The molecule has 1 saturated heterocycles. The van der Waals surface area contributed by atoms with Gasteiger partial charge in [-0.1, -0.05) is 30.3 Å². The average Bonchev–Trinajstić information content (AvgIpc) is 2.61. The summed E-state index contributed by atoms with van der Waals surface area (Å²) >= 11 is 0. The second-order valence-corrected chi connectivity index (χ2v) is 4.05. The van der Waals surface area contributed by atoms with Crippen molar-refractivity contribution in [3.63, 3.8) is 0 Å². The second kappa shape index (κ2) is 5.68. The molecule has 17 heavy (non-hydrogen) atoms. The maximum absolute atomic E-state index is 11.6. The lowest BCUT2D eigenvalue weighted by molar-refractivity contribution is -0.132. The molecule has 2 N–H and O–H groups in total. The van der Waals surface area contributed by atoms with E-state index in [0.717, 1.165) is 5.56 Å². The summed E-state index contributed by atoms with van der Waals surface area (Å²) in [5, 5.41) is 0. The number of amides is 2. The number of nitrogens with zero attached hydrogens (tertiary/aromatic N) is 1.